The van der Waals surface area contributed by atoms with Crippen molar-refractivity contribution < 1.29 is 4.74 Å². The molecule has 2 aromatic rings. The van der Waals surface area contributed by atoms with Gasteiger partial charge in [0.05, 0.1) is 7.05 Å². The first-order valence-electron chi connectivity index (χ1n) is 6.33. The predicted octanol–water partition coefficient (Wildman–Crippen LogP) is 1.07. The number of rotatable bonds is 6. The van der Waals surface area contributed by atoms with Crippen LogP contribution in [0, 0.1) is 0 Å². The minimum absolute atomic E-state index is 0.235. The summed E-state index contributed by atoms with van der Waals surface area (Å²) in [5.74, 6) is 1.38. The van der Waals surface area contributed by atoms with E-state index in [0.29, 0.717) is 12.4 Å². The number of aryl methyl sites for hydroxylation is 2. The molecule has 19 heavy (non-hydrogen) atoms. The summed E-state index contributed by atoms with van der Waals surface area (Å²) in [5, 5.41) is 11.7. The monoisotopic (exact) mass is 261 g/mol. The van der Waals surface area contributed by atoms with Crippen molar-refractivity contribution >= 4 is 0 Å². The lowest BCUT2D eigenvalue weighted by Gasteiger charge is -2.07. The average Bonchev–Trinajstić information content (AvgIpc) is 2.81. The van der Waals surface area contributed by atoms with Crippen LogP contribution in [-0.4, -0.2) is 26.2 Å². The van der Waals surface area contributed by atoms with Gasteiger partial charge in [-0.15, -0.1) is 10.2 Å². The third kappa shape index (κ3) is 4.33. The van der Waals surface area contributed by atoms with Crippen LogP contribution < -0.4 is 10.5 Å². The zero-order valence-electron chi connectivity index (χ0n) is 11.3. The zero-order chi connectivity index (χ0) is 13.7. The van der Waals surface area contributed by atoms with E-state index < -0.39 is 0 Å². The van der Waals surface area contributed by atoms with Gasteiger partial charge in [-0.1, -0.05) is 12.1 Å². The molecule has 0 radical (unpaired) electrons. The number of nitrogens with two attached hydrogens (primary N) is 1. The summed E-state index contributed by atoms with van der Waals surface area (Å²) >= 11 is 0. The van der Waals surface area contributed by atoms with E-state index in [1.807, 2.05) is 19.1 Å². The molecule has 6 heteroatoms. The second kappa shape index (κ2) is 6.29. The second-order valence-electron chi connectivity index (χ2n) is 4.64. The quantitative estimate of drug-likeness (QED) is 0.841. The Morgan fingerprint density at radius 3 is 2.63 bits per heavy atom. The highest BCUT2D eigenvalue weighted by molar-refractivity contribution is 5.27. The Morgan fingerprint density at radius 2 is 2.05 bits per heavy atom. The Morgan fingerprint density at radius 1 is 1.32 bits per heavy atom. The molecule has 0 fully saturated rings. The fourth-order valence-corrected chi connectivity index (χ4v) is 1.68. The topological polar surface area (TPSA) is 78.9 Å². The first-order chi connectivity index (χ1) is 9.13. The van der Waals surface area contributed by atoms with Crippen LogP contribution >= 0.6 is 0 Å². The van der Waals surface area contributed by atoms with Crippen molar-refractivity contribution in [2.24, 2.45) is 12.8 Å². The van der Waals surface area contributed by atoms with Gasteiger partial charge in [-0.3, -0.25) is 0 Å². The third-order valence-corrected chi connectivity index (χ3v) is 2.73. The Kier molecular flexibility index (Phi) is 4.46. The highest BCUT2D eigenvalue weighted by Gasteiger charge is 2.02. The molecule has 0 aliphatic heterocycles. The summed E-state index contributed by atoms with van der Waals surface area (Å²) in [6, 6.07) is 8.25. The molecule has 2 rings (SSSR count). The summed E-state index contributed by atoms with van der Waals surface area (Å²) in [5.41, 5.74) is 7.00. The smallest absolute Gasteiger partial charge is 0.212 e. The molecule has 1 unspecified atom stereocenters. The lowest BCUT2D eigenvalue weighted by Crippen LogP contribution is -2.15. The summed E-state index contributed by atoms with van der Waals surface area (Å²) in [6.07, 6.45) is 1.98. The van der Waals surface area contributed by atoms with E-state index in [9.17, 15) is 0 Å². The number of tetrazole rings is 1. The lowest BCUT2D eigenvalue weighted by atomic mass is 10.1. The Labute approximate surface area is 112 Å². The zero-order valence-corrected chi connectivity index (χ0v) is 11.3. The van der Waals surface area contributed by atoms with Crippen molar-refractivity contribution in [3.8, 4) is 5.75 Å². The normalized spacial score (nSPS) is 12.4. The van der Waals surface area contributed by atoms with E-state index in [-0.39, 0.29) is 6.04 Å². The summed E-state index contributed by atoms with van der Waals surface area (Å²) < 4.78 is 5.58. The molecule has 0 saturated carbocycles. The van der Waals surface area contributed by atoms with Crippen LogP contribution in [0.2, 0.25) is 0 Å². The first kappa shape index (κ1) is 13.5. The van der Waals surface area contributed by atoms with Crippen molar-refractivity contribution in [1.29, 1.82) is 0 Å². The van der Waals surface area contributed by atoms with E-state index in [1.165, 1.54) is 10.4 Å². The Hall–Kier alpha value is -1.95. The van der Waals surface area contributed by atoms with Crippen LogP contribution in [0.4, 0.5) is 0 Å². The highest BCUT2D eigenvalue weighted by Crippen LogP contribution is 2.14. The van der Waals surface area contributed by atoms with Crippen LogP contribution in [0.15, 0.2) is 24.3 Å². The maximum atomic E-state index is 5.74. The molecule has 1 aromatic carbocycles. The van der Waals surface area contributed by atoms with E-state index >= 15 is 0 Å². The molecule has 0 bridgehead atoms. The van der Waals surface area contributed by atoms with Crippen LogP contribution in [0.1, 0.15) is 24.7 Å². The van der Waals surface area contributed by atoms with Crippen molar-refractivity contribution in [3.05, 3.63) is 35.7 Å². The van der Waals surface area contributed by atoms with E-state index in [2.05, 4.69) is 27.5 Å². The number of ether oxygens (including phenoxy) is 1. The van der Waals surface area contributed by atoms with Gasteiger partial charge < -0.3 is 10.5 Å². The number of aromatic nitrogens is 4. The van der Waals surface area contributed by atoms with Crippen molar-refractivity contribution in [2.45, 2.75) is 32.4 Å². The second-order valence-corrected chi connectivity index (χ2v) is 4.64. The van der Waals surface area contributed by atoms with Crippen molar-refractivity contribution in [1.82, 2.24) is 20.2 Å². The summed E-state index contributed by atoms with van der Waals surface area (Å²) in [4.78, 5) is 1.41. The van der Waals surface area contributed by atoms with Crippen molar-refractivity contribution in [3.63, 3.8) is 0 Å². The largest absolute Gasteiger partial charge is 0.485 e. The maximum absolute atomic E-state index is 5.74. The number of nitrogens with zero attached hydrogens (tertiary/aromatic N) is 4. The highest BCUT2D eigenvalue weighted by atomic mass is 16.5. The molecule has 1 aromatic heterocycles. The Balaban J connectivity index is 1.84. The predicted molar refractivity (Wildman–Crippen MR) is 71.5 cm³/mol. The minimum Gasteiger partial charge on any atom is -0.485 e. The number of benzene rings is 1. The van der Waals surface area contributed by atoms with Gasteiger partial charge in [-0.2, -0.15) is 4.80 Å². The average molecular weight is 261 g/mol. The number of hydrogen-bond acceptors (Lipinski definition) is 5. The Bertz CT molecular complexity index is 506. The maximum Gasteiger partial charge on any atom is 0.212 e. The number of hydrogen-bond donors (Lipinski definition) is 1. The molecule has 102 valence electrons. The standard InChI is InChI=1S/C13H19N5O/c1-10(14)3-4-11-5-7-12(8-6-11)19-9-13-15-17-18(2)16-13/h5-8,10H,3-4,9,14H2,1-2H3. The van der Waals surface area contributed by atoms with E-state index in [4.69, 9.17) is 10.5 Å². The van der Waals surface area contributed by atoms with Crippen LogP contribution in [0.5, 0.6) is 5.75 Å². The molecule has 6 nitrogen and oxygen atoms in total. The summed E-state index contributed by atoms with van der Waals surface area (Å²) in [7, 11) is 1.73. The van der Waals surface area contributed by atoms with Crippen molar-refractivity contribution in [2.75, 3.05) is 0 Å². The first-order valence-corrected chi connectivity index (χ1v) is 6.33. The summed E-state index contributed by atoms with van der Waals surface area (Å²) in [6.45, 7) is 2.35. The molecule has 0 saturated heterocycles. The van der Waals surface area contributed by atoms with E-state index in [1.54, 1.807) is 7.05 Å². The molecule has 1 heterocycles. The molecule has 2 N–H and O–H groups in total. The molecular weight excluding hydrogens is 242 g/mol. The fraction of sp³-hybridized carbons (Fsp3) is 0.462. The molecule has 0 aliphatic rings. The molecular formula is C13H19N5O. The minimum atomic E-state index is 0.235. The van der Waals surface area contributed by atoms with Gasteiger partial charge in [0.1, 0.15) is 5.75 Å². The van der Waals surface area contributed by atoms with Gasteiger partial charge in [0.2, 0.25) is 5.82 Å². The molecule has 0 amide bonds. The van der Waals surface area contributed by atoms with Crippen LogP contribution in [0.25, 0.3) is 0 Å². The van der Waals surface area contributed by atoms with Crippen LogP contribution in [-0.2, 0) is 20.1 Å². The molecule has 0 aliphatic carbocycles. The third-order valence-electron chi connectivity index (χ3n) is 2.73. The van der Waals surface area contributed by atoms with Gasteiger partial charge >= 0.3 is 0 Å². The molecule has 1 atom stereocenters. The SMILES string of the molecule is CC(N)CCc1ccc(OCc2nnn(C)n2)cc1. The van der Waals surface area contributed by atoms with Gasteiger partial charge in [0, 0.05) is 6.04 Å². The fourth-order valence-electron chi connectivity index (χ4n) is 1.68. The molecule has 0 spiro atoms. The van der Waals surface area contributed by atoms with E-state index in [0.717, 1.165) is 18.6 Å². The van der Waals surface area contributed by atoms with Gasteiger partial charge in [-0.25, -0.2) is 0 Å². The van der Waals surface area contributed by atoms with Gasteiger partial charge in [-0.05, 0) is 42.7 Å². The lowest BCUT2D eigenvalue weighted by molar-refractivity contribution is 0.295. The van der Waals surface area contributed by atoms with Crippen LogP contribution in [0.3, 0.4) is 0 Å². The van der Waals surface area contributed by atoms with Gasteiger partial charge in [0.15, 0.2) is 6.61 Å². The van der Waals surface area contributed by atoms with Gasteiger partial charge in [0.25, 0.3) is 0 Å².